The molecule has 4 heteroatoms. The van der Waals surface area contributed by atoms with Crippen molar-refractivity contribution in [2.24, 2.45) is 5.92 Å². The number of nitrogens with one attached hydrogen (secondary N) is 1. The second-order valence-electron chi connectivity index (χ2n) is 4.72. The molecule has 0 spiro atoms. The van der Waals surface area contributed by atoms with Gasteiger partial charge in [-0.2, -0.15) is 0 Å². The summed E-state index contributed by atoms with van der Waals surface area (Å²) in [6.45, 7) is 6.69. The van der Waals surface area contributed by atoms with E-state index < -0.39 is 0 Å². The van der Waals surface area contributed by atoms with Crippen LogP contribution in [0.1, 0.15) is 38.9 Å². The zero-order valence-corrected chi connectivity index (χ0v) is 10.7. The molecule has 17 heavy (non-hydrogen) atoms. The fourth-order valence-electron chi connectivity index (χ4n) is 1.79. The van der Waals surface area contributed by atoms with Crippen LogP contribution < -0.4 is 5.32 Å². The normalized spacial score (nSPS) is 16.5. The minimum atomic E-state index is -0.316. The van der Waals surface area contributed by atoms with Gasteiger partial charge in [-0.05, 0) is 44.9 Å². The zero-order valence-electron chi connectivity index (χ0n) is 10.7. The monoisotopic (exact) mass is 240 g/mol. The van der Waals surface area contributed by atoms with E-state index in [4.69, 9.17) is 0 Å². The number of aliphatic hydroxyl groups is 1. The highest BCUT2D eigenvalue weighted by Gasteiger charge is 2.10. The van der Waals surface area contributed by atoms with Crippen molar-refractivity contribution >= 4 is 0 Å². The summed E-state index contributed by atoms with van der Waals surface area (Å²) in [6, 6.07) is 3.19. The maximum atomic E-state index is 12.7. The first-order valence-electron chi connectivity index (χ1n) is 6.02. The van der Waals surface area contributed by atoms with Gasteiger partial charge in [0.15, 0.2) is 0 Å². The van der Waals surface area contributed by atoms with E-state index in [1.54, 1.807) is 13.0 Å². The Balaban J connectivity index is 2.39. The van der Waals surface area contributed by atoms with Crippen molar-refractivity contribution in [1.29, 1.82) is 0 Å². The van der Waals surface area contributed by atoms with Gasteiger partial charge in [0.1, 0.15) is 5.82 Å². The molecular weight excluding hydrogens is 219 g/mol. The highest BCUT2D eigenvalue weighted by atomic mass is 19.1. The summed E-state index contributed by atoms with van der Waals surface area (Å²) >= 11 is 0. The van der Waals surface area contributed by atoms with Crippen molar-refractivity contribution in [3.63, 3.8) is 0 Å². The van der Waals surface area contributed by atoms with Crippen molar-refractivity contribution in [3.8, 4) is 0 Å². The largest absolute Gasteiger partial charge is 0.393 e. The maximum absolute atomic E-state index is 12.7. The predicted octanol–water partition coefficient (Wildman–Crippen LogP) is 2.28. The third-order valence-electron chi connectivity index (χ3n) is 2.71. The lowest BCUT2D eigenvalue weighted by molar-refractivity contribution is 0.162. The van der Waals surface area contributed by atoms with Crippen LogP contribution in [0.5, 0.6) is 0 Å². The van der Waals surface area contributed by atoms with Crippen LogP contribution in [0.3, 0.4) is 0 Å². The minimum absolute atomic E-state index is 0.0899. The van der Waals surface area contributed by atoms with E-state index in [1.807, 2.05) is 6.92 Å². The Labute approximate surface area is 102 Å². The van der Waals surface area contributed by atoms with Gasteiger partial charge in [0.25, 0.3) is 0 Å². The van der Waals surface area contributed by atoms with Gasteiger partial charge in [0.05, 0.1) is 18.0 Å². The fourth-order valence-corrected chi connectivity index (χ4v) is 1.79. The van der Waals surface area contributed by atoms with E-state index in [9.17, 15) is 9.50 Å². The summed E-state index contributed by atoms with van der Waals surface area (Å²) in [4.78, 5) is 4.03. The lowest BCUT2D eigenvalue weighted by Crippen LogP contribution is -2.26. The van der Waals surface area contributed by atoms with Crippen LogP contribution in [0, 0.1) is 11.7 Å². The average Bonchev–Trinajstić information content (AvgIpc) is 2.26. The summed E-state index contributed by atoms with van der Waals surface area (Å²) in [5, 5.41) is 12.6. The van der Waals surface area contributed by atoms with Crippen LogP contribution in [0.25, 0.3) is 0 Å². The molecule has 0 bridgehead atoms. The number of hydrogen-bond donors (Lipinski definition) is 2. The first-order chi connectivity index (χ1) is 7.99. The molecule has 96 valence electrons. The molecular formula is C13H21FN2O. The van der Waals surface area contributed by atoms with Gasteiger partial charge in [-0.1, -0.05) is 6.92 Å². The van der Waals surface area contributed by atoms with Crippen molar-refractivity contribution in [1.82, 2.24) is 10.3 Å². The van der Waals surface area contributed by atoms with Gasteiger partial charge in [-0.25, -0.2) is 4.39 Å². The van der Waals surface area contributed by atoms with Crippen molar-refractivity contribution < 1.29 is 9.50 Å². The highest BCUT2D eigenvalue weighted by Crippen LogP contribution is 2.11. The highest BCUT2D eigenvalue weighted by molar-refractivity contribution is 5.08. The Bertz CT molecular complexity index is 327. The van der Waals surface area contributed by atoms with Crippen LogP contribution in [0.2, 0.25) is 0 Å². The SMILES string of the molecule is CC(O)CC(C)CNC(C)c1ccc(F)cn1. The first-order valence-corrected chi connectivity index (χ1v) is 6.02. The van der Waals surface area contributed by atoms with Gasteiger partial charge >= 0.3 is 0 Å². The smallest absolute Gasteiger partial charge is 0.141 e. The number of hydrogen-bond acceptors (Lipinski definition) is 3. The second kappa shape index (κ2) is 6.67. The molecule has 0 fully saturated rings. The zero-order chi connectivity index (χ0) is 12.8. The summed E-state index contributed by atoms with van der Waals surface area (Å²) in [7, 11) is 0. The van der Waals surface area contributed by atoms with Crippen LogP contribution in [-0.2, 0) is 0 Å². The van der Waals surface area contributed by atoms with Gasteiger partial charge in [-0.3, -0.25) is 4.98 Å². The fraction of sp³-hybridized carbons (Fsp3) is 0.615. The average molecular weight is 240 g/mol. The molecule has 0 aliphatic heterocycles. The Hall–Kier alpha value is -1.00. The molecule has 1 aromatic heterocycles. The van der Waals surface area contributed by atoms with E-state index in [0.29, 0.717) is 5.92 Å². The Morgan fingerprint density at radius 1 is 1.35 bits per heavy atom. The molecule has 1 rings (SSSR count). The Morgan fingerprint density at radius 3 is 2.59 bits per heavy atom. The third-order valence-corrected chi connectivity index (χ3v) is 2.71. The molecule has 1 aromatic rings. The van der Waals surface area contributed by atoms with Crippen molar-refractivity contribution in [2.45, 2.75) is 39.3 Å². The van der Waals surface area contributed by atoms with Crippen LogP contribution >= 0.6 is 0 Å². The van der Waals surface area contributed by atoms with E-state index in [1.165, 1.54) is 12.3 Å². The summed E-state index contributed by atoms with van der Waals surface area (Å²) in [5.41, 5.74) is 0.829. The molecule has 0 aromatic carbocycles. The molecule has 3 atom stereocenters. The summed E-state index contributed by atoms with van der Waals surface area (Å²) in [5.74, 6) is 0.0846. The molecule has 0 saturated heterocycles. The Morgan fingerprint density at radius 2 is 2.06 bits per heavy atom. The summed E-state index contributed by atoms with van der Waals surface area (Å²) in [6.07, 6.45) is 1.73. The summed E-state index contributed by atoms with van der Waals surface area (Å²) < 4.78 is 12.7. The van der Waals surface area contributed by atoms with Crippen molar-refractivity contribution in [2.75, 3.05) is 6.54 Å². The maximum Gasteiger partial charge on any atom is 0.141 e. The number of nitrogens with zero attached hydrogens (tertiary/aromatic N) is 1. The van der Waals surface area contributed by atoms with Gasteiger partial charge in [-0.15, -0.1) is 0 Å². The topological polar surface area (TPSA) is 45.1 Å². The minimum Gasteiger partial charge on any atom is -0.393 e. The molecule has 0 saturated carbocycles. The van der Waals surface area contributed by atoms with E-state index in [2.05, 4.69) is 17.2 Å². The molecule has 3 nitrogen and oxygen atoms in total. The molecule has 0 radical (unpaired) electrons. The number of rotatable bonds is 6. The van der Waals surface area contributed by atoms with Gasteiger partial charge in [0, 0.05) is 6.04 Å². The predicted molar refractivity (Wildman–Crippen MR) is 66.1 cm³/mol. The standard InChI is InChI=1S/C13H21FN2O/c1-9(6-10(2)17)7-15-11(3)13-5-4-12(14)8-16-13/h4-5,8-11,15,17H,6-7H2,1-3H3. The van der Waals surface area contributed by atoms with Gasteiger partial charge < -0.3 is 10.4 Å². The molecule has 2 N–H and O–H groups in total. The number of aromatic nitrogens is 1. The van der Waals surface area contributed by atoms with E-state index in [0.717, 1.165) is 18.7 Å². The molecule has 1 heterocycles. The van der Waals surface area contributed by atoms with Crippen LogP contribution in [0.4, 0.5) is 4.39 Å². The molecule has 3 unspecified atom stereocenters. The molecule has 0 aliphatic rings. The quantitative estimate of drug-likeness (QED) is 0.802. The van der Waals surface area contributed by atoms with Gasteiger partial charge in [0.2, 0.25) is 0 Å². The third kappa shape index (κ3) is 5.24. The van der Waals surface area contributed by atoms with E-state index >= 15 is 0 Å². The van der Waals surface area contributed by atoms with Crippen LogP contribution in [0.15, 0.2) is 18.3 Å². The lowest BCUT2D eigenvalue weighted by Gasteiger charge is -2.18. The lowest BCUT2D eigenvalue weighted by atomic mass is 10.0. The van der Waals surface area contributed by atoms with Crippen LogP contribution in [-0.4, -0.2) is 22.7 Å². The van der Waals surface area contributed by atoms with Crippen molar-refractivity contribution in [3.05, 3.63) is 29.8 Å². The second-order valence-corrected chi connectivity index (χ2v) is 4.72. The Kier molecular flexibility index (Phi) is 5.51. The number of pyridine rings is 1. The number of aliphatic hydroxyl groups excluding tert-OH is 1. The molecule has 0 amide bonds. The molecule has 0 aliphatic carbocycles. The number of halogens is 1. The van der Waals surface area contributed by atoms with E-state index in [-0.39, 0.29) is 18.0 Å². The first kappa shape index (κ1) is 14.1.